The Morgan fingerprint density at radius 3 is 3.00 bits per heavy atom. The van der Waals surface area contributed by atoms with Gasteiger partial charge >= 0.3 is 0 Å². The molecule has 0 spiro atoms. The molecule has 0 saturated heterocycles. The highest BCUT2D eigenvalue weighted by molar-refractivity contribution is 9.10. The van der Waals surface area contributed by atoms with Gasteiger partial charge < -0.3 is 21.0 Å². The summed E-state index contributed by atoms with van der Waals surface area (Å²) in [5.74, 6) is 1.03. The molecule has 1 aromatic rings. The molecule has 4 N–H and O–H groups in total. The lowest BCUT2D eigenvalue weighted by atomic mass is 10.2. The zero-order valence-corrected chi connectivity index (χ0v) is 11.2. The summed E-state index contributed by atoms with van der Waals surface area (Å²) in [5.41, 5.74) is 6.29. The monoisotopic (exact) mass is 301 g/mol. The summed E-state index contributed by atoms with van der Waals surface area (Å²) < 4.78 is 6.21. The number of benzene rings is 1. The van der Waals surface area contributed by atoms with Crippen LogP contribution in [0.3, 0.4) is 0 Å². The fourth-order valence-electron chi connectivity index (χ4n) is 1.36. The zero-order valence-electron chi connectivity index (χ0n) is 9.61. The van der Waals surface area contributed by atoms with Crippen molar-refractivity contribution in [1.29, 1.82) is 0 Å². The standard InChI is InChI=1S/C11H16BrN3O2/c1-17-10-5-4-8(12)7-9(10)14-6-2-3-11(13)15-16/h4-5,7,14,16H,2-3,6H2,1H3,(H2,13,15). The lowest BCUT2D eigenvalue weighted by Gasteiger charge is -2.11. The Labute approximate surface area is 109 Å². The number of hydrogen-bond acceptors (Lipinski definition) is 4. The predicted octanol–water partition coefficient (Wildman–Crippen LogP) is 2.40. The number of nitrogens with one attached hydrogen (secondary N) is 1. The first-order valence-electron chi connectivity index (χ1n) is 5.21. The third-order valence-electron chi connectivity index (χ3n) is 2.22. The highest BCUT2D eigenvalue weighted by Crippen LogP contribution is 2.27. The zero-order chi connectivity index (χ0) is 12.7. The van der Waals surface area contributed by atoms with Gasteiger partial charge in [0, 0.05) is 17.4 Å². The number of hydrogen-bond donors (Lipinski definition) is 3. The van der Waals surface area contributed by atoms with Gasteiger partial charge in [-0.25, -0.2) is 0 Å². The Morgan fingerprint density at radius 1 is 1.59 bits per heavy atom. The van der Waals surface area contributed by atoms with E-state index in [0.717, 1.165) is 28.9 Å². The Morgan fingerprint density at radius 2 is 2.35 bits per heavy atom. The lowest BCUT2D eigenvalue weighted by molar-refractivity contribution is 0.316. The lowest BCUT2D eigenvalue weighted by Crippen LogP contribution is -2.13. The Hall–Kier alpha value is -1.43. The van der Waals surface area contributed by atoms with E-state index in [9.17, 15) is 0 Å². The van der Waals surface area contributed by atoms with E-state index in [0.29, 0.717) is 6.42 Å². The number of methoxy groups -OCH3 is 1. The minimum absolute atomic E-state index is 0.244. The molecule has 5 nitrogen and oxygen atoms in total. The van der Waals surface area contributed by atoms with Crippen LogP contribution in [-0.2, 0) is 0 Å². The maximum absolute atomic E-state index is 8.39. The first-order valence-corrected chi connectivity index (χ1v) is 6.00. The number of anilines is 1. The molecule has 0 aliphatic rings. The molecule has 0 aliphatic heterocycles. The van der Waals surface area contributed by atoms with Gasteiger partial charge in [-0.2, -0.15) is 0 Å². The summed E-state index contributed by atoms with van der Waals surface area (Å²) in [7, 11) is 1.63. The minimum atomic E-state index is 0.244. The van der Waals surface area contributed by atoms with E-state index in [1.165, 1.54) is 0 Å². The second-order valence-corrected chi connectivity index (χ2v) is 4.38. The van der Waals surface area contributed by atoms with E-state index in [1.54, 1.807) is 7.11 Å². The molecule has 0 saturated carbocycles. The van der Waals surface area contributed by atoms with Crippen molar-refractivity contribution in [2.45, 2.75) is 12.8 Å². The van der Waals surface area contributed by atoms with Gasteiger partial charge in [-0.1, -0.05) is 21.1 Å². The number of amidine groups is 1. The summed E-state index contributed by atoms with van der Waals surface area (Å²) in [5, 5.41) is 14.5. The van der Waals surface area contributed by atoms with E-state index in [-0.39, 0.29) is 5.84 Å². The third kappa shape index (κ3) is 4.52. The molecule has 1 rings (SSSR count). The van der Waals surface area contributed by atoms with Gasteiger partial charge in [0.05, 0.1) is 12.8 Å². The number of halogens is 1. The smallest absolute Gasteiger partial charge is 0.142 e. The minimum Gasteiger partial charge on any atom is -0.495 e. The summed E-state index contributed by atoms with van der Waals surface area (Å²) >= 11 is 3.40. The number of ether oxygens (including phenoxy) is 1. The fraction of sp³-hybridized carbons (Fsp3) is 0.364. The molecule has 0 aliphatic carbocycles. The first-order chi connectivity index (χ1) is 8.17. The fourth-order valence-corrected chi connectivity index (χ4v) is 1.72. The molecule has 0 aromatic heterocycles. The van der Waals surface area contributed by atoms with Crippen molar-refractivity contribution in [1.82, 2.24) is 0 Å². The molecule has 0 atom stereocenters. The molecular formula is C11H16BrN3O2. The van der Waals surface area contributed by atoms with Crippen molar-refractivity contribution in [3.8, 4) is 5.75 Å². The number of nitrogens with zero attached hydrogens (tertiary/aromatic N) is 1. The molecule has 1 aromatic carbocycles. The van der Waals surface area contributed by atoms with E-state index in [4.69, 9.17) is 15.7 Å². The largest absolute Gasteiger partial charge is 0.495 e. The van der Waals surface area contributed by atoms with Crippen molar-refractivity contribution < 1.29 is 9.94 Å². The third-order valence-corrected chi connectivity index (χ3v) is 2.71. The molecular weight excluding hydrogens is 286 g/mol. The van der Waals surface area contributed by atoms with Gasteiger partial charge in [0.25, 0.3) is 0 Å². The molecule has 0 fully saturated rings. The number of rotatable bonds is 6. The Bertz CT molecular complexity index is 396. The summed E-state index contributed by atoms with van der Waals surface area (Å²) in [6.45, 7) is 0.725. The Kier molecular flexibility index (Phi) is 5.62. The predicted molar refractivity (Wildman–Crippen MR) is 71.8 cm³/mol. The molecule has 0 heterocycles. The normalized spacial score (nSPS) is 11.3. The maximum Gasteiger partial charge on any atom is 0.142 e. The highest BCUT2D eigenvalue weighted by Gasteiger charge is 2.02. The van der Waals surface area contributed by atoms with Gasteiger partial charge in [0.1, 0.15) is 11.6 Å². The van der Waals surface area contributed by atoms with Crippen LogP contribution < -0.4 is 15.8 Å². The van der Waals surface area contributed by atoms with Crippen LogP contribution in [0.25, 0.3) is 0 Å². The van der Waals surface area contributed by atoms with E-state index >= 15 is 0 Å². The van der Waals surface area contributed by atoms with Crippen LogP contribution in [0.5, 0.6) is 5.75 Å². The second kappa shape index (κ2) is 7.01. The van der Waals surface area contributed by atoms with Gasteiger partial charge in [0.2, 0.25) is 0 Å². The van der Waals surface area contributed by atoms with Crippen molar-refractivity contribution in [3.63, 3.8) is 0 Å². The summed E-state index contributed by atoms with van der Waals surface area (Å²) in [6.07, 6.45) is 1.34. The number of oxime groups is 1. The van der Waals surface area contributed by atoms with E-state index in [1.807, 2.05) is 18.2 Å². The number of nitrogens with two attached hydrogens (primary N) is 1. The molecule has 0 radical (unpaired) electrons. The maximum atomic E-state index is 8.39. The van der Waals surface area contributed by atoms with Crippen molar-refractivity contribution in [3.05, 3.63) is 22.7 Å². The SMILES string of the molecule is COc1ccc(Br)cc1NCCC/C(N)=N/O. The molecule has 94 valence electrons. The molecule has 6 heteroatoms. The second-order valence-electron chi connectivity index (χ2n) is 3.47. The van der Waals surface area contributed by atoms with Crippen molar-refractivity contribution in [2.75, 3.05) is 19.0 Å². The highest BCUT2D eigenvalue weighted by atomic mass is 79.9. The summed E-state index contributed by atoms with van der Waals surface area (Å²) in [6, 6.07) is 5.75. The average Bonchev–Trinajstić information content (AvgIpc) is 2.34. The molecule has 0 unspecified atom stereocenters. The van der Waals surface area contributed by atoms with Gasteiger partial charge in [0.15, 0.2) is 0 Å². The van der Waals surface area contributed by atoms with Crippen molar-refractivity contribution in [2.24, 2.45) is 10.9 Å². The van der Waals surface area contributed by atoms with Crippen LogP contribution >= 0.6 is 15.9 Å². The molecule has 17 heavy (non-hydrogen) atoms. The van der Waals surface area contributed by atoms with Crippen molar-refractivity contribution >= 4 is 27.5 Å². The Balaban J connectivity index is 2.48. The first kappa shape index (κ1) is 13.6. The summed E-state index contributed by atoms with van der Waals surface area (Å²) in [4.78, 5) is 0. The van der Waals surface area contributed by atoms with Crippen LogP contribution in [0, 0.1) is 0 Å². The van der Waals surface area contributed by atoms with Crippen LogP contribution in [0.2, 0.25) is 0 Å². The topological polar surface area (TPSA) is 79.9 Å². The quantitative estimate of drug-likeness (QED) is 0.248. The van der Waals surface area contributed by atoms with E-state index < -0.39 is 0 Å². The van der Waals surface area contributed by atoms with Crippen LogP contribution in [0.1, 0.15) is 12.8 Å². The van der Waals surface area contributed by atoms with E-state index in [2.05, 4.69) is 26.4 Å². The molecule has 0 bridgehead atoms. The molecule has 0 amide bonds. The van der Waals surface area contributed by atoms with Gasteiger partial charge in [-0.3, -0.25) is 0 Å². The van der Waals surface area contributed by atoms with Crippen LogP contribution in [0.15, 0.2) is 27.8 Å². The van der Waals surface area contributed by atoms with Gasteiger partial charge in [-0.15, -0.1) is 0 Å². The van der Waals surface area contributed by atoms with Gasteiger partial charge in [-0.05, 0) is 24.6 Å². The van der Waals surface area contributed by atoms with Crippen LogP contribution in [-0.4, -0.2) is 24.7 Å². The average molecular weight is 302 g/mol. The van der Waals surface area contributed by atoms with Crippen LogP contribution in [0.4, 0.5) is 5.69 Å².